The number of hydrogen-bond acceptors (Lipinski definition) is 1. The molecule has 2 aromatic rings. The molecule has 0 spiro atoms. The van der Waals surface area contributed by atoms with Crippen molar-refractivity contribution in [1.29, 1.82) is 0 Å². The number of nitrogens with one attached hydrogen (secondary N) is 1. The third-order valence-corrected chi connectivity index (χ3v) is 4.80. The van der Waals surface area contributed by atoms with E-state index in [4.69, 9.17) is 11.6 Å². The van der Waals surface area contributed by atoms with E-state index in [2.05, 4.69) is 12.1 Å². The fourth-order valence-electron chi connectivity index (χ4n) is 3.03. The highest BCUT2D eigenvalue weighted by Crippen LogP contribution is 2.20. The number of carbonyl (C=O) groups is 1. The van der Waals surface area contributed by atoms with Crippen LogP contribution in [0.2, 0.25) is 5.02 Å². The van der Waals surface area contributed by atoms with Crippen molar-refractivity contribution in [2.45, 2.75) is 6.54 Å². The van der Waals surface area contributed by atoms with Crippen LogP contribution in [0.3, 0.4) is 0 Å². The maximum absolute atomic E-state index is 13.7. The molecule has 1 N–H and O–H groups in total. The topological polar surface area (TPSA) is 24.8 Å². The molecular formula is C20H21ClFN2O+. The molecule has 1 heterocycles. The van der Waals surface area contributed by atoms with Crippen LogP contribution in [0.4, 0.5) is 4.39 Å². The lowest BCUT2D eigenvalue weighted by molar-refractivity contribution is -0.917. The van der Waals surface area contributed by atoms with Crippen LogP contribution >= 0.6 is 11.6 Å². The molecule has 0 aromatic heterocycles. The largest absolute Gasteiger partial charge is 0.328 e. The Labute approximate surface area is 152 Å². The molecule has 0 unspecified atom stereocenters. The van der Waals surface area contributed by atoms with Crippen molar-refractivity contribution in [3.05, 3.63) is 76.6 Å². The molecular weight excluding hydrogens is 339 g/mol. The zero-order valence-corrected chi connectivity index (χ0v) is 14.7. The monoisotopic (exact) mass is 359 g/mol. The van der Waals surface area contributed by atoms with Crippen molar-refractivity contribution in [3.63, 3.8) is 0 Å². The minimum Gasteiger partial charge on any atom is -0.328 e. The van der Waals surface area contributed by atoms with Crippen molar-refractivity contribution in [1.82, 2.24) is 4.90 Å². The molecule has 1 fully saturated rings. The summed E-state index contributed by atoms with van der Waals surface area (Å²) in [4.78, 5) is 15.6. The van der Waals surface area contributed by atoms with Crippen LogP contribution in [-0.2, 0) is 11.3 Å². The Morgan fingerprint density at radius 1 is 1.12 bits per heavy atom. The molecule has 1 amide bonds. The Morgan fingerprint density at radius 3 is 2.52 bits per heavy atom. The zero-order valence-electron chi connectivity index (χ0n) is 13.9. The van der Waals surface area contributed by atoms with E-state index in [1.807, 2.05) is 18.2 Å². The average molecular weight is 360 g/mol. The van der Waals surface area contributed by atoms with Crippen LogP contribution in [0.1, 0.15) is 11.1 Å². The molecule has 25 heavy (non-hydrogen) atoms. The number of carbonyl (C=O) groups excluding carboxylic acids is 1. The first-order chi connectivity index (χ1) is 12.1. The summed E-state index contributed by atoms with van der Waals surface area (Å²) in [5.74, 6) is -0.522. The summed E-state index contributed by atoms with van der Waals surface area (Å²) in [6.45, 7) is 4.21. The normalized spacial score (nSPS) is 15.7. The number of rotatable bonds is 4. The van der Waals surface area contributed by atoms with Crippen LogP contribution in [0.25, 0.3) is 6.08 Å². The van der Waals surface area contributed by atoms with Crippen LogP contribution in [0.5, 0.6) is 0 Å². The highest BCUT2D eigenvalue weighted by Gasteiger charge is 2.22. The number of nitrogens with zero attached hydrogens (tertiary/aromatic N) is 1. The average Bonchev–Trinajstić information content (AvgIpc) is 2.62. The minimum absolute atomic E-state index is 0.0990. The zero-order chi connectivity index (χ0) is 17.6. The van der Waals surface area contributed by atoms with E-state index in [-0.39, 0.29) is 11.5 Å². The van der Waals surface area contributed by atoms with E-state index in [1.165, 1.54) is 28.7 Å². The number of halogens is 2. The first-order valence-electron chi connectivity index (χ1n) is 8.42. The van der Waals surface area contributed by atoms with Crippen LogP contribution < -0.4 is 4.90 Å². The van der Waals surface area contributed by atoms with Gasteiger partial charge in [-0.3, -0.25) is 4.79 Å². The summed E-state index contributed by atoms with van der Waals surface area (Å²) >= 11 is 5.98. The molecule has 1 saturated heterocycles. The predicted molar refractivity (Wildman–Crippen MR) is 97.9 cm³/mol. The summed E-state index contributed by atoms with van der Waals surface area (Å²) in [5.41, 5.74) is 1.57. The van der Waals surface area contributed by atoms with Crippen LogP contribution in [0.15, 0.2) is 54.6 Å². The van der Waals surface area contributed by atoms with E-state index < -0.39 is 5.82 Å². The van der Waals surface area contributed by atoms with Gasteiger partial charge in [0.2, 0.25) is 5.91 Å². The van der Waals surface area contributed by atoms with Gasteiger partial charge in [-0.1, -0.05) is 48.0 Å². The fraction of sp³-hybridized carbons (Fsp3) is 0.250. The van der Waals surface area contributed by atoms with E-state index in [1.54, 1.807) is 17.0 Å². The Morgan fingerprint density at radius 2 is 1.84 bits per heavy atom. The molecule has 0 atom stereocenters. The van der Waals surface area contributed by atoms with Gasteiger partial charge >= 0.3 is 0 Å². The van der Waals surface area contributed by atoms with Crippen molar-refractivity contribution in [3.8, 4) is 0 Å². The molecule has 0 bridgehead atoms. The number of benzene rings is 2. The number of piperazine rings is 1. The molecule has 3 nitrogen and oxygen atoms in total. The van der Waals surface area contributed by atoms with E-state index in [0.717, 1.165) is 19.6 Å². The molecule has 0 saturated carbocycles. The van der Waals surface area contributed by atoms with Gasteiger partial charge in [0.15, 0.2) is 0 Å². The lowest BCUT2D eigenvalue weighted by atomic mass is 10.2. The maximum Gasteiger partial charge on any atom is 0.246 e. The predicted octanol–water partition coefficient (Wildman–Crippen LogP) is 2.42. The minimum atomic E-state index is -0.423. The highest BCUT2D eigenvalue weighted by atomic mass is 35.5. The summed E-state index contributed by atoms with van der Waals surface area (Å²) in [6, 6.07) is 14.9. The van der Waals surface area contributed by atoms with E-state index in [0.29, 0.717) is 18.1 Å². The molecule has 0 aliphatic carbocycles. The van der Waals surface area contributed by atoms with Crippen molar-refractivity contribution in [2.75, 3.05) is 26.2 Å². The Bertz CT molecular complexity index is 735. The molecule has 3 rings (SSSR count). The summed E-state index contributed by atoms with van der Waals surface area (Å²) in [7, 11) is 0. The standard InChI is InChI=1S/C20H20ClFN2O/c21-18-7-4-8-19(22)17(18)9-10-20(25)24-13-11-23(12-14-24)15-16-5-2-1-3-6-16/h1-10H,11-15H2/p+1/b10-9+. The van der Waals surface area contributed by atoms with Gasteiger partial charge in [0.05, 0.1) is 31.2 Å². The molecule has 2 aromatic carbocycles. The van der Waals surface area contributed by atoms with E-state index in [9.17, 15) is 9.18 Å². The molecule has 1 aliphatic rings. The van der Waals surface area contributed by atoms with Gasteiger partial charge < -0.3 is 9.80 Å². The first-order valence-corrected chi connectivity index (χ1v) is 8.80. The molecule has 130 valence electrons. The lowest BCUT2D eigenvalue weighted by Crippen LogP contribution is -3.13. The third kappa shape index (κ3) is 4.68. The van der Waals surface area contributed by atoms with Gasteiger partial charge in [0, 0.05) is 17.2 Å². The van der Waals surface area contributed by atoms with Crippen molar-refractivity contribution >= 4 is 23.6 Å². The quantitative estimate of drug-likeness (QED) is 0.833. The SMILES string of the molecule is O=C(/C=C/c1c(F)cccc1Cl)N1CC[NH+](Cc2ccccc2)CC1. The number of hydrogen-bond donors (Lipinski definition) is 1. The van der Waals surface area contributed by atoms with Crippen LogP contribution in [-0.4, -0.2) is 37.0 Å². The van der Waals surface area contributed by atoms with Gasteiger partial charge in [0.1, 0.15) is 12.4 Å². The van der Waals surface area contributed by atoms with Gasteiger partial charge in [-0.25, -0.2) is 4.39 Å². The number of amides is 1. The molecule has 0 radical (unpaired) electrons. The fourth-order valence-corrected chi connectivity index (χ4v) is 3.26. The Hall–Kier alpha value is -2.17. The molecule has 5 heteroatoms. The second-order valence-corrected chi connectivity index (χ2v) is 6.61. The van der Waals surface area contributed by atoms with Crippen LogP contribution in [0, 0.1) is 5.82 Å². The molecule has 1 aliphatic heterocycles. The number of quaternary nitrogens is 1. The van der Waals surface area contributed by atoms with Gasteiger partial charge in [-0.15, -0.1) is 0 Å². The Balaban J connectivity index is 1.54. The smallest absolute Gasteiger partial charge is 0.246 e. The third-order valence-electron chi connectivity index (χ3n) is 4.47. The summed E-state index contributed by atoms with van der Waals surface area (Å²) in [6.07, 6.45) is 2.87. The van der Waals surface area contributed by atoms with E-state index >= 15 is 0 Å². The summed E-state index contributed by atoms with van der Waals surface area (Å²) in [5, 5.41) is 0.307. The second-order valence-electron chi connectivity index (χ2n) is 6.21. The second kappa shape index (κ2) is 8.28. The van der Waals surface area contributed by atoms with Crippen molar-refractivity contribution < 1.29 is 14.1 Å². The maximum atomic E-state index is 13.7. The summed E-state index contributed by atoms with van der Waals surface area (Å²) < 4.78 is 13.7. The highest BCUT2D eigenvalue weighted by molar-refractivity contribution is 6.32. The first kappa shape index (κ1) is 17.6. The van der Waals surface area contributed by atoms with Gasteiger partial charge in [-0.2, -0.15) is 0 Å². The van der Waals surface area contributed by atoms with Gasteiger partial charge in [0.25, 0.3) is 0 Å². The van der Waals surface area contributed by atoms with Crippen molar-refractivity contribution in [2.24, 2.45) is 0 Å². The Kier molecular flexibility index (Phi) is 5.84. The van der Waals surface area contributed by atoms with Gasteiger partial charge in [-0.05, 0) is 18.2 Å². The lowest BCUT2D eigenvalue weighted by Gasteiger charge is -2.31.